The minimum atomic E-state index is -4.54. The Morgan fingerprint density at radius 1 is 0.759 bits per heavy atom. The van der Waals surface area contributed by atoms with Crippen LogP contribution >= 0.6 is 17.0 Å². The fraction of sp³-hybridized carbons (Fsp3) is 0.346. The van der Waals surface area contributed by atoms with E-state index in [2.05, 4.69) is 85.2 Å². The summed E-state index contributed by atoms with van der Waals surface area (Å²) in [4.78, 5) is 0. The van der Waals surface area contributed by atoms with Crippen LogP contribution in [0, 0.1) is 0 Å². The third kappa shape index (κ3) is 3.42. The molecular weight excluding hydrogens is 474 g/mol. The zero-order valence-electron chi connectivity index (χ0n) is 17.6. The van der Waals surface area contributed by atoms with Crippen molar-refractivity contribution in [3.8, 4) is 0 Å². The van der Waals surface area contributed by atoms with Crippen molar-refractivity contribution < 1.29 is 15.9 Å². The molecule has 2 unspecified atom stereocenters. The molecule has 2 aliphatic carbocycles. The van der Waals surface area contributed by atoms with Crippen molar-refractivity contribution in [3.63, 3.8) is 0 Å². The number of hydrogen-bond acceptors (Lipinski definition) is 0. The van der Waals surface area contributed by atoms with E-state index in [-0.39, 0.29) is 7.25 Å². The Kier molecular flexibility index (Phi) is 5.98. The number of rotatable bonds is 6. The van der Waals surface area contributed by atoms with E-state index in [9.17, 15) is 0 Å². The first-order valence-corrected chi connectivity index (χ1v) is 21.5. The SMILES string of the molecule is C[CH]=[Zr]([Cl])([Cl])([CH]1C(CCC)=Cc2ccccc21)[CH]1C(CCC)=Cc2ccccc21. The average molecular weight is 505 g/mol. The van der Waals surface area contributed by atoms with Gasteiger partial charge in [0.25, 0.3) is 0 Å². The Labute approximate surface area is 183 Å². The molecular formula is C26H30Cl2Zr. The van der Waals surface area contributed by atoms with E-state index in [1.165, 1.54) is 33.4 Å². The van der Waals surface area contributed by atoms with Crippen molar-refractivity contribution in [2.45, 2.75) is 53.7 Å². The van der Waals surface area contributed by atoms with Gasteiger partial charge in [0.1, 0.15) is 0 Å². The second kappa shape index (κ2) is 8.07. The Morgan fingerprint density at radius 2 is 1.17 bits per heavy atom. The summed E-state index contributed by atoms with van der Waals surface area (Å²) in [5, 5.41) is 0. The van der Waals surface area contributed by atoms with Gasteiger partial charge in [-0.25, -0.2) is 0 Å². The number of fused-ring (bicyclic) bond motifs is 2. The van der Waals surface area contributed by atoms with Gasteiger partial charge >= 0.3 is 184 Å². The third-order valence-corrected chi connectivity index (χ3v) is 26.0. The standard InChI is InChI=1S/2C12H13.C2H4.2ClH.Zr/c2*1-2-5-10-8-11-6-3-4-7-12(11)9-10;1-2;;;/h2*3-4,6-9H,2,5H2,1H3;1H,2H3;2*1H;/q;;;;;+2/p-2. The van der Waals surface area contributed by atoms with E-state index in [0.29, 0.717) is 0 Å². The van der Waals surface area contributed by atoms with Gasteiger partial charge in [-0.3, -0.25) is 0 Å². The van der Waals surface area contributed by atoms with Gasteiger partial charge in [0, 0.05) is 0 Å². The van der Waals surface area contributed by atoms with Gasteiger partial charge in [-0.2, -0.15) is 0 Å². The Balaban J connectivity index is 1.97. The van der Waals surface area contributed by atoms with Crippen LogP contribution in [-0.2, 0) is 15.9 Å². The molecule has 3 heteroatoms. The molecule has 0 radical (unpaired) electrons. The van der Waals surface area contributed by atoms with Crippen LogP contribution in [0.1, 0.15) is 76.0 Å². The molecule has 0 saturated heterocycles. The molecule has 0 aliphatic heterocycles. The summed E-state index contributed by atoms with van der Waals surface area (Å²) in [6.45, 7) is 6.62. The summed E-state index contributed by atoms with van der Waals surface area (Å²) in [5.74, 6) is 0. The van der Waals surface area contributed by atoms with E-state index in [1.807, 2.05) is 0 Å². The molecule has 2 aromatic carbocycles. The summed E-state index contributed by atoms with van der Waals surface area (Å²) in [6, 6.07) is 17.5. The number of halogens is 2. The van der Waals surface area contributed by atoms with E-state index in [0.717, 1.165) is 25.7 Å². The molecule has 0 saturated carbocycles. The van der Waals surface area contributed by atoms with Crippen LogP contribution in [0.3, 0.4) is 0 Å². The molecule has 0 nitrogen and oxygen atoms in total. The topological polar surface area (TPSA) is 0 Å². The van der Waals surface area contributed by atoms with Gasteiger partial charge in [0.2, 0.25) is 0 Å². The molecule has 0 aromatic heterocycles. The Morgan fingerprint density at radius 3 is 1.55 bits per heavy atom. The molecule has 29 heavy (non-hydrogen) atoms. The molecule has 2 aromatic rings. The summed E-state index contributed by atoms with van der Waals surface area (Å²) in [7, 11) is 15.9. The maximum atomic E-state index is 7.95. The molecule has 4 rings (SSSR count). The van der Waals surface area contributed by atoms with Gasteiger partial charge in [-0.15, -0.1) is 0 Å². The summed E-state index contributed by atoms with van der Waals surface area (Å²) < 4.78 is 2.58. The van der Waals surface area contributed by atoms with Crippen molar-refractivity contribution in [1.82, 2.24) is 0 Å². The molecule has 0 bridgehead atoms. The molecule has 2 aliphatic rings. The second-order valence-electron chi connectivity index (χ2n) is 8.58. The molecule has 0 heterocycles. The average Bonchev–Trinajstić information content (AvgIpc) is 3.27. The predicted molar refractivity (Wildman–Crippen MR) is 128 cm³/mol. The van der Waals surface area contributed by atoms with Crippen LogP contribution in [0.5, 0.6) is 0 Å². The molecule has 0 fully saturated rings. The van der Waals surface area contributed by atoms with Crippen molar-refractivity contribution in [3.05, 3.63) is 81.9 Å². The van der Waals surface area contributed by atoms with Crippen LogP contribution in [0.4, 0.5) is 0 Å². The van der Waals surface area contributed by atoms with Crippen LogP contribution in [0.25, 0.3) is 12.2 Å². The van der Waals surface area contributed by atoms with Crippen LogP contribution in [0.2, 0.25) is 0 Å². The quantitative estimate of drug-likeness (QED) is 0.369. The van der Waals surface area contributed by atoms with Crippen LogP contribution < -0.4 is 0 Å². The van der Waals surface area contributed by atoms with E-state index in [1.54, 1.807) is 0 Å². The summed E-state index contributed by atoms with van der Waals surface area (Å²) >= 11 is -4.54. The van der Waals surface area contributed by atoms with Gasteiger partial charge < -0.3 is 0 Å². The number of benzene rings is 2. The molecule has 0 N–H and O–H groups in total. The Bertz CT molecular complexity index is 990. The van der Waals surface area contributed by atoms with E-state index in [4.69, 9.17) is 17.0 Å². The summed E-state index contributed by atoms with van der Waals surface area (Å²) in [6.07, 6.45) is 9.07. The normalized spacial score (nSPS) is 20.8. The fourth-order valence-corrected chi connectivity index (χ4v) is 23.0. The zero-order chi connectivity index (χ0) is 20.7. The summed E-state index contributed by atoms with van der Waals surface area (Å²) in [5.41, 5.74) is 8.15. The molecule has 0 amide bonds. The van der Waals surface area contributed by atoms with E-state index >= 15 is 0 Å². The first-order chi connectivity index (χ1) is 13.9. The van der Waals surface area contributed by atoms with E-state index < -0.39 is 15.9 Å². The number of hydrogen-bond donors (Lipinski definition) is 0. The van der Waals surface area contributed by atoms with Crippen molar-refractivity contribution in [1.29, 1.82) is 0 Å². The maximum absolute atomic E-state index is 7.95. The zero-order valence-corrected chi connectivity index (χ0v) is 21.6. The first-order valence-electron chi connectivity index (χ1n) is 10.9. The number of allylic oxidation sites excluding steroid dienone is 2. The van der Waals surface area contributed by atoms with Crippen molar-refractivity contribution in [2.24, 2.45) is 0 Å². The first kappa shape index (κ1) is 21.5. The second-order valence-corrected chi connectivity index (χ2v) is 30.0. The molecule has 2 atom stereocenters. The monoisotopic (exact) mass is 502 g/mol. The molecule has 0 spiro atoms. The van der Waals surface area contributed by atoms with Crippen molar-refractivity contribution >= 4 is 32.9 Å². The van der Waals surface area contributed by atoms with Crippen molar-refractivity contribution in [2.75, 3.05) is 0 Å². The van der Waals surface area contributed by atoms with Gasteiger partial charge in [0.05, 0.1) is 0 Å². The van der Waals surface area contributed by atoms with Gasteiger partial charge in [-0.1, -0.05) is 0 Å². The predicted octanol–water partition coefficient (Wildman–Crippen LogP) is 8.68. The van der Waals surface area contributed by atoms with Crippen LogP contribution in [0.15, 0.2) is 59.7 Å². The fourth-order valence-electron chi connectivity index (χ4n) is 5.59. The third-order valence-electron chi connectivity index (χ3n) is 6.77. The van der Waals surface area contributed by atoms with Gasteiger partial charge in [0.15, 0.2) is 0 Å². The minimum absolute atomic E-state index is 0.150. The Hall–Kier alpha value is -0.747. The molecule has 152 valence electrons. The van der Waals surface area contributed by atoms with Gasteiger partial charge in [-0.05, 0) is 0 Å². The van der Waals surface area contributed by atoms with Crippen LogP contribution in [-0.4, -0.2) is 3.71 Å².